The van der Waals surface area contributed by atoms with Crippen molar-refractivity contribution < 1.29 is 67.3 Å². The van der Waals surface area contributed by atoms with Gasteiger partial charge in [0.2, 0.25) is 0 Å². The van der Waals surface area contributed by atoms with E-state index in [0.29, 0.717) is 0 Å². The maximum atomic E-state index is 12.1. The van der Waals surface area contributed by atoms with Crippen LogP contribution in [0.4, 0.5) is 0 Å². The summed E-state index contributed by atoms with van der Waals surface area (Å²) in [6, 6.07) is 0.940. The molecule has 1 aromatic heterocycles. The van der Waals surface area contributed by atoms with E-state index in [0.717, 1.165) is 16.8 Å². The van der Waals surface area contributed by atoms with Crippen LogP contribution in [0.15, 0.2) is 21.9 Å². The predicted molar refractivity (Wildman–Crippen MR) is 107 cm³/mol. The highest BCUT2D eigenvalue weighted by atomic mass is 31.3. The molecule has 0 amide bonds. The number of nitrogens with zero attached hydrogens (tertiary/aromatic N) is 1. The van der Waals surface area contributed by atoms with Crippen molar-refractivity contribution in [2.75, 3.05) is 6.61 Å². The van der Waals surface area contributed by atoms with Gasteiger partial charge in [0.15, 0.2) is 12.5 Å². The Bertz CT molecular complexity index is 1110. The van der Waals surface area contributed by atoms with Gasteiger partial charge in [-0.1, -0.05) is 0 Å². The summed E-state index contributed by atoms with van der Waals surface area (Å²) in [6.07, 6.45) is -14.2. The lowest BCUT2D eigenvalue weighted by molar-refractivity contribution is -0.271. The maximum absolute atomic E-state index is 12.1. The topological polar surface area (TPSA) is 277 Å². The van der Waals surface area contributed by atoms with Crippen molar-refractivity contribution in [1.29, 1.82) is 0 Å². The number of hydrogen-bond acceptors (Lipinski definition) is 14. The third kappa shape index (κ3) is 6.51. The summed E-state index contributed by atoms with van der Waals surface area (Å²) >= 11 is 0. The van der Waals surface area contributed by atoms with Crippen molar-refractivity contribution in [3.05, 3.63) is 33.1 Å². The van der Waals surface area contributed by atoms with E-state index in [4.69, 9.17) is 9.47 Å². The second kappa shape index (κ2) is 10.6. The second-order valence-electron chi connectivity index (χ2n) is 7.66. The SMILES string of the molecule is C[C@@H]1OC(OP(=O)(O)OP(=O)(O)OC[C@H]2OC(n3ccc(=O)[nH]c3=O)[C@H](O)[C@@H]2O)[C@H](O)[C@H](O)[C@H]1O. The number of rotatable bonds is 8. The van der Waals surface area contributed by atoms with Crippen molar-refractivity contribution in [2.24, 2.45) is 0 Å². The van der Waals surface area contributed by atoms with Gasteiger partial charge in [0.25, 0.3) is 5.56 Å². The number of phosphoric acid groups is 2. The minimum absolute atomic E-state index is 0.737. The van der Waals surface area contributed by atoms with E-state index >= 15 is 0 Å². The zero-order valence-corrected chi connectivity index (χ0v) is 19.5. The standard InChI is InChI=1S/C15H24N2O16P2/c1-5-8(19)10(21)12(23)14(30-5)32-35(27,28)33-34(25,26)29-4-6-9(20)11(22)13(31-6)17-3-2-7(18)16-15(17)24/h2-3,5-6,8-14,19-23H,4H2,1H3,(H,25,26)(H,27,28)(H,16,18,24)/t5-,6+,8-,9+,10+,11+,12+,13?,14?/m0/s1. The molecule has 0 bridgehead atoms. The van der Waals surface area contributed by atoms with Gasteiger partial charge < -0.3 is 44.8 Å². The number of H-pyrrole nitrogens is 1. The Morgan fingerprint density at radius 2 is 1.63 bits per heavy atom. The molecule has 2 aliphatic heterocycles. The van der Waals surface area contributed by atoms with E-state index in [-0.39, 0.29) is 0 Å². The van der Waals surface area contributed by atoms with Crippen LogP contribution in [0.2, 0.25) is 0 Å². The minimum Gasteiger partial charge on any atom is -0.388 e. The van der Waals surface area contributed by atoms with Crippen LogP contribution in [-0.4, -0.2) is 100 Å². The molecule has 0 spiro atoms. The quantitative estimate of drug-likeness (QED) is 0.144. The molecule has 2 aliphatic rings. The molecule has 8 N–H and O–H groups in total. The molecular weight excluding hydrogens is 526 g/mol. The highest BCUT2D eigenvalue weighted by Crippen LogP contribution is 2.61. The molecule has 4 unspecified atom stereocenters. The third-order valence-corrected chi connectivity index (χ3v) is 7.72. The van der Waals surface area contributed by atoms with Crippen LogP contribution in [0, 0.1) is 0 Å². The van der Waals surface area contributed by atoms with E-state index in [2.05, 4.69) is 13.4 Å². The zero-order valence-electron chi connectivity index (χ0n) is 17.7. The molecule has 18 nitrogen and oxygen atoms in total. The monoisotopic (exact) mass is 550 g/mol. The second-order valence-corrected chi connectivity index (χ2v) is 10.7. The predicted octanol–water partition coefficient (Wildman–Crippen LogP) is -3.77. The van der Waals surface area contributed by atoms with Crippen LogP contribution in [0.25, 0.3) is 0 Å². The molecule has 11 atom stereocenters. The highest BCUT2D eigenvalue weighted by molar-refractivity contribution is 7.61. The van der Waals surface area contributed by atoms with Crippen molar-refractivity contribution in [3.63, 3.8) is 0 Å². The van der Waals surface area contributed by atoms with Gasteiger partial charge in [-0.05, 0) is 6.92 Å². The first-order valence-corrected chi connectivity index (χ1v) is 12.8. The number of aliphatic hydroxyl groups is 5. The van der Waals surface area contributed by atoms with Gasteiger partial charge in [-0.15, -0.1) is 0 Å². The Labute approximate surface area is 195 Å². The first-order valence-electron chi connectivity index (χ1n) is 9.84. The Morgan fingerprint density at radius 3 is 2.26 bits per heavy atom. The normalized spacial score (nSPS) is 39.1. The first-order chi connectivity index (χ1) is 16.1. The lowest BCUT2D eigenvalue weighted by Gasteiger charge is -2.38. The molecule has 0 saturated carbocycles. The Balaban J connectivity index is 1.61. The number of aromatic amines is 1. The highest BCUT2D eigenvalue weighted by Gasteiger charge is 2.49. The fourth-order valence-electron chi connectivity index (χ4n) is 3.30. The number of aliphatic hydroxyl groups excluding tert-OH is 5. The smallest absolute Gasteiger partial charge is 0.388 e. The van der Waals surface area contributed by atoms with Gasteiger partial charge in [0, 0.05) is 12.3 Å². The molecule has 200 valence electrons. The van der Waals surface area contributed by atoms with Crippen LogP contribution >= 0.6 is 15.6 Å². The summed E-state index contributed by atoms with van der Waals surface area (Å²) in [5, 5.41) is 49.4. The molecule has 20 heteroatoms. The van der Waals surface area contributed by atoms with Crippen LogP contribution < -0.4 is 11.2 Å². The summed E-state index contributed by atoms with van der Waals surface area (Å²) in [7, 11) is -10.9. The Kier molecular flexibility index (Phi) is 8.52. The molecular formula is C15H24N2O16P2. The van der Waals surface area contributed by atoms with Gasteiger partial charge in [-0.25, -0.2) is 13.9 Å². The molecule has 0 aliphatic carbocycles. The third-order valence-electron chi connectivity index (χ3n) is 5.12. The van der Waals surface area contributed by atoms with E-state index in [9.17, 15) is 54.0 Å². The van der Waals surface area contributed by atoms with Crippen molar-refractivity contribution >= 4 is 15.6 Å². The zero-order chi connectivity index (χ0) is 26.3. The minimum atomic E-state index is -5.50. The van der Waals surface area contributed by atoms with Crippen LogP contribution in [-0.2, 0) is 32.0 Å². The summed E-state index contributed by atoms with van der Waals surface area (Å²) in [5.74, 6) is 0. The van der Waals surface area contributed by atoms with Crippen LogP contribution in [0.5, 0.6) is 0 Å². The van der Waals surface area contributed by atoms with Crippen LogP contribution in [0.1, 0.15) is 13.2 Å². The van der Waals surface area contributed by atoms with E-state index < -0.39 is 88.7 Å². The summed E-state index contributed by atoms with van der Waals surface area (Å²) < 4.78 is 48.3. The van der Waals surface area contributed by atoms with Gasteiger partial charge in [-0.3, -0.25) is 23.4 Å². The van der Waals surface area contributed by atoms with E-state index in [1.807, 2.05) is 4.98 Å². The number of phosphoric ester groups is 2. The average molecular weight is 550 g/mol. The molecule has 2 fully saturated rings. The molecule has 3 rings (SSSR count). The summed E-state index contributed by atoms with van der Waals surface area (Å²) in [5.41, 5.74) is -1.72. The summed E-state index contributed by atoms with van der Waals surface area (Å²) in [4.78, 5) is 44.5. The fourth-order valence-corrected chi connectivity index (χ4v) is 5.45. The van der Waals surface area contributed by atoms with Crippen molar-refractivity contribution in [2.45, 2.75) is 62.2 Å². The van der Waals surface area contributed by atoms with Gasteiger partial charge in [0.1, 0.15) is 36.6 Å². The largest absolute Gasteiger partial charge is 0.483 e. The number of aromatic nitrogens is 2. The Morgan fingerprint density at radius 1 is 0.971 bits per heavy atom. The van der Waals surface area contributed by atoms with Crippen molar-refractivity contribution in [3.8, 4) is 0 Å². The maximum Gasteiger partial charge on any atom is 0.483 e. The first kappa shape index (κ1) is 28.2. The average Bonchev–Trinajstić information content (AvgIpc) is 3.02. The molecule has 35 heavy (non-hydrogen) atoms. The molecule has 2 saturated heterocycles. The molecule has 0 aromatic carbocycles. The molecule has 0 radical (unpaired) electrons. The number of hydrogen-bond donors (Lipinski definition) is 8. The fraction of sp³-hybridized carbons (Fsp3) is 0.733. The van der Waals surface area contributed by atoms with E-state index in [1.165, 1.54) is 6.92 Å². The lowest BCUT2D eigenvalue weighted by Crippen LogP contribution is -2.57. The van der Waals surface area contributed by atoms with E-state index in [1.54, 1.807) is 0 Å². The molecule has 3 heterocycles. The number of ether oxygens (including phenoxy) is 2. The summed E-state index contributed by atoms with van der Waals surface area (Å²) in [6.45, 7) is 0.250. The van der Waals surface area contributed by atoms with Gasteiger partial charge in [-0.2, -0.15) is 4.31 Å². The lowest BCUT2D eigenvalue weighted by atomic mass is 10.0. The molecule has 1 aromatic rings. The van der Waals surface area contributed by atoms with Gasteiger partial charge >= 0.3 is 21.3 Å². The number of nitrogens with one attached hydrogen (secondary N) is 1. The van der Waals surface area contributed by atoms with Gasteiger partial charge in [0.05, 0.1) is 12.7 Å². The van der Waals surface area contributed by atoms with Crippen molar-refractivity contribution in [1.82, 2.24) is 9.55 Å². The van der Waals surface area contributed by atoms with Crippen LogP contribution in [0.3, 0.4) is 0 Å². The Hall–Kier alpha value is -1.34.